The standard InChI is InChI=1S/C12H22N2O3/c1-5-6-17-8-10(15)12-11(16-4)7-13-14(12)9(2)3/h7,9-10,15H,5-6,8H2,1-4H3. The summed E-state index contributed by atoms with van der Waals surface area (Å²) in [6.07, 6.45) is 1.85. The van der Waals surface area contributed by atoms with Crippen LogP contribution in [0.5, 0.6) is 5.75 Å². The van der Waals surface area contributed by atoms with E-state index in [1.807, 2.05) is 20.8 Å². The SMILES string of the molecule is CCCOCC(O)c1c(OC)cnn1C(C)C. The van der Waals surface area contributed by atoms with Crippen LogP contribution in [0.1, 0.15) is 45.0 Å². The van der Waals surface area contributed by atoms with Crippen molar-refractivity contribution in [3.63, 3.8) is 0 Å². The Kier molecular flexibility index (Phi) is 5.44. The first-order valence-corrected chi connectivity index (χ1v) is 5.99. The van der Waals surface area contributed by atoms with Gasteiger partial charge in [0.1, 0.15) is 11.8 Å². The van der Waals surface area contributed by atoms with E-state index in [4.69, 9.17) is 9.47 Å². The van der Waals surface area contributed by atoms with Crippen molar-refractivity contribution in [1.29, 1.82) is 0 Å². The van der Waals surface area contributed by atoms with E-state index in [1.54, 1.807) is 18.0 Å². The van der Waals surface area contributed by atoms with E-state index in [0.29, 0.717) is 18.1 Å². The minimum atomic E-state index is -0.707. The molecule has 5 heteroatoms. The topological polar surface area (TPSA) is 56.5 Å². The molecule has 98 valence electrons. The fourth-order valence-corrected chi connectivity index (χ4v) is 1.66. The highest BCUT2D eigenvalue weighted by Crippen LogP contribution is 2.27. The molecular formula is C12H22N2O3. The highest BCUT2D eigenvalue weighted by atomic mass is 16.5. The van der Waals surface area contributed by atoms with Crippen LogP contribution in [-0.2, 0) is 4.74 Å². The second kappa shape index (κ2) is 6.61. The minimum absolute atomic E-state index is 0.176. The largest absolute Gasteiger partial charge is 0.493 e. The second-order valence-electron chi connectivity index (χ2n) is 4.23. The van der Waals surface area contributed by atoms with Gasteiger partial charge in [-0.1, -0.05) is 6.92 Å². The van der Waals surface area contributed by atoms with Gasteiger partial charge in [-0.05, 0) is 20.3 Å². The lowest BCUT2D eigenvalue weighted by atomic mass is 10.2. The van der Waals surface area contributed by atoms with Gasteiger partial charge in [-0.15, -0.1) is 0 Å². The Morgan fingerprint density at radius 2 is 2.18 bits per heavy atom. The summed E-state index contributed by atoms with van der Waals surface area (Å²) in [5, 5.41) is 14.3. The number of ether oxygens (including phenoxy) is 2. The average molecular weight is 242 g/mol. The minimum Gasteiger partial charge on any atom is -0.493 e. The Labute approximate surface area is 102 Å². The van der Waals surface area contributed by atoms with Crippen LogP contribution in [0.4, 0.5) is 0 Å². The van der Waals surface area contributed by atoms with Gasteiger partial charge in [-0.2, -0.15) is 5.10 Å². The van der Waals surface area contributed by atoms with Crippen LogP contribution in [-0.4, -0.2) is 35.2 Å². The van der Waals surface area contributed by atoms with Gasteiger partial charge < -0.3 is 14.6 Å². The zero-order valence-electron chi connectivity index (χ0n) is 11.0. The van der Waals surface area contributed by atoms with E-state index in [-0.39, 0.29) is 12.6 Å². The summed E-state index contributed by atoms with van der Waals surface area (Å²) in [6.45, 7) is 6.97. The maximum absolute atomic E-state index is 10.1. The third-order valence-corrected chi connectivity index (χ3v) is 2.45. The first-order valence-electron chi connectivity index (χ1n) is 5.99. The third kappa shape index (κ3) is 3.44. The number of hydrogen-bond acceptors (Lipinski definition) is 4. The zero-order valence-corrected chi connectivity index (χ0v) is 11.0. The molecule has 0 aromatic carbocycles. The Hall–Kier alpha value is -1.07. The fourth-order valence-electron chi connectivity index (χ4n) is 1.66. The maximum atomic E-state index is 10.1. The smallest absolute Gasteiger partial charge is 0.162 e. The lowest BCUT2D eigenvalue weighted by Gasteiger charge is -2.17. The predicted molar refractivity (Wildman–Crippen MR) is 65.2 cm³/mol. The summed E-state index contributed by atoms with van der Waals surface area (Å²) >= 11 is 0. The van der Waals surface area contributed by atoms with Crippen LogP contribution in [0.25, 0.3) is 0 Å². The van der Waals surface area contributed by atoms with Gasteiger partial charge in [0.05, 0.1) is 19.9 Å². The molecule has 0 radical (unpaired) electrons. The fraction of sp³-hybridized carbons (Fsp3) is 0.750. The average Bonchev–Trinajstić information content (AvgIpc) is 2.72. The highest BCUT2D eigenvalue weighted by molar-refractivity contribution is 5.27. The van der Waals surface area contributed by atoms with Gasteiger partial charge in [0.25, 0.3) is 0 Å². The summed E-state index contributed by atoms with van der Waals surface area (Å²) in [7, 11) is 1.57. The Morgan fingerprint density at radius 3 is 2.71 bits per heavy atom. The van der Waals surface area contributed by atoms with Crippen LogP contribution in [0.2, 0.25) is 0 Å². The molecule has 0 aliphatic heterocycles. The van der Waals surface area contributed by atoms with Gasteiger partial charge in [-0.25, -0.2) is 0 Å². The zero-order chi connectivity index (χ0) is 12.8. The van der Waals surface area contributed by atoms with Gasteiger partial charge in [0.2, 0.25) is 0 Å². The van der Waals surface area contributed by atoms with Crippen LogP contribution in [0, 0.1) is 0 Å². The predicted octanol–water partition coefficient (Wildman–Crippen LogP) is 1.93. The molecule has 0 spiro atoms. The molecule has 0 bridgehead atoms. The van der Waals surface area contributed by atoms with Crippen LogP contribution < -0.4 is 4.74 Å². The van der Waals surface area contributed by atoms with E-state index in [1.165, 1.54) is 0 Å². The molecule has 1 heterocycles. The van der Waals surface area contributed by atoms with Crippen molar-refractivity contribution in [3.05, 3.63) is 11.9 Å². The summed E-state index contributed by atoms with van der Waals surface area (Å²) < 4.78 is 12.3. The molecule has 0 aliphatic carbocycles. The summed E-state index contributed by atoms with van der Waals surface area (Å²) in [5.74, 6) is 0.603. The van der Waals surface area contributed by atoms with Gasteiger partial charge >= 0.3 is 0 Å². The van der Waals surface area contributed by atoms with Gasteiger partial charge in [0, 0.05) is 12.6 Å². The molecule has 17 heavy (non-hydrogen) atoms. The Bertz CT molecular complexity index is 336. The number of hydrogen-bond donors (Lipinski definition) is 1. The van der Waals surface area contributed by atoms with Crippen LogP contribution in [0.3, 0.4) is 0 Å². The molecule has 0 aliphatic rings. The first-order chi connectivity index (χ1) is 8.11. The Morgan fingerprint density at radius 1 is 1.47 bits per heavy atom. The third-order valence-electron chi connectivity index (χ3n) is 2.45. The van der Waals surface area contributed by atoms with E-state index in [2.05, 4.69) is 5.10 Å². The molecule has 1 N–H and O–H groups in total. The molecule has 0 saturated heterocycles. The number of aliphatic hydroxyl groups is 1. The summed E-state index contributed by atoms with van der Waals surface area (Å²) in [6, 6.07) is 0.176. The molecule has 1 aromatic rings. The van der Waals surface area contributed by atoms with Gasteiger partial charge in [0.15, 0.2) is 5.75 Å². The number of methoxy groups -OCH3 is 1. The number of aromatic nitrogens is 2. The van der Waals surface area contributed by atoms with Crippen LogP contribution >= 0.6 is 0 Å². The molecule has 0 fully saturated rings. The van der Waals surface area contributed by atoms with E-state index in [9.17, 15) is 5.11 Å². The highest BCUT2D eigenvalue weighted by Gasteiger charge is 2.21. The summed E-state index contributed by atoms with van der Waals surface area (Å²) in [4.78, 5) is 0. The molecule has 1 unspecified atom stereocenters. The number of nitrogens with zero attached hydrogens (tertiary/aromatic N) is 2. The van der Waals surface area contributed by atoms with E-state index < -0.39 is 6.10 Å². The maximum Gasteiger partial charge on any atom is 0.162 e. The first kappa shape index (κ1) is 14.0. The molecule has 1 rings (SSSR count). The number of rotatable bonds is 7. The molecular weight excluding hydrogens is 220 g/mol. The monoisotopic (exact) mass is 242 g/mol. The second-order valence-corrected chi connectivity index (χ2v) is 4.23. The quantitative estimate of drug-likeness (QED) is 0.742. The lowest BCUT2D eigenvalue weighted by Crippen LogP contribution is -2.16. The van der Waals surface area contributed by atoms with Crippen molar-refractivity contribution < 1.29 is 14.6 Å². The van der Waals surface area contributed by atoms with Crippen molar-refractivity contribution >= 4 is 0 Å². The molecule has 5 nitrogen and oxygen atoms in total. The van der Waals surface area contributed by atoms with Crippen LogP contribution in [0.15, 0.2) is 6.20 Å². The molecule has 0 amide bonds. The van der Waals surface area contributed by atoms with Crippen molar-refractivity contribution in [1.82, 2.24) is 9.78 Å². The van der Waals surface area contributed by atoms with Gasteiger partial charge in [-0.3, -0.25) is 4.68 Å². The van der Waals surface area contributed by atoms with E-state index in [0.717, 1.165) is 6.42 Å². The molecule has 1 atom stereocenters. The van der Waals surface area contributed by atoms with Crippen molar-refractivity contribution in [2.75, 3.05) is 20.3 Å². The number of aliphatic hydroxyl groups excluding tert-OH is 1. The Balaban J connectivity index is 2.81. The molecule has 0 saturated carbocycles. The van der Waals surface area contributed by atoms with Crippen molar-refractivity contribution in [2.45, 2.75) is 39.3 Å². The van der Waals surface area contributed by atoms with E-state index >= 15 is 0 Å². The van der Waals surface area contributed by atoms with Crippen molar-refractivity contribution in [2.24, 2.45) is 0 Å². The normalized spacial score (nSPS) is 13.1. The lowest BCUT2D eigenvalue weighted by molar-refractivity contribution is 0.0300. The summed E-state index contributed by atoms with van der Waals surface area (Å²) in [5.41, 5.74) is 0.679. The van der Waals surface area contributed by atoms with Crippen molar-refractivity contribution in [3.8, 4) is 5.75 Å². The molecule has 1 aromatic heterocycles.